The van der Waals surface area contributed by atoms with Gasteiger partial charge in [0.05, 0.1) is 12.6 Å². The van der Waals surface area contributed by atoms with Crippen molar-refractivity contribution in [1.82, 2.24) is 15.1 Å². The van der Waals surface area contributed by atoms with Gasteiger partial charge in [-0.15, -0.1) is 0 Å². The van der Waals surface area contributed by atoms with E-state index in [1.54, 1.807) is 19.3 Å². The molecule has 0 atom stereocenters. The van der Waals surface area contributed by atoms with Gasteiger partial charge < -0.3 is 11.1 Å². The number of rotatable bonds is 4. The number of nitrogens with zero attached hydrogens (tertiary/aromatic N) is 2. The molecule has 2 aromatic rings. The summed E-state index contributed by atoms with van der Waals surface area (Å²) >= 11 is 5.87. The van der Waals surface area contributed by atoms with Crippen LogP contribution in [0.5, 0.6) is 0 Å². The van der Waals surface area contributed by atoms with Crippen molar-refractivity contribution < 1.29 is 9.18 Å². The van der Waals surface area contributed by atoms with Crippen molar-refractivity contribution in [3.8, 4) is 0 Å². The molecule has 0 unspecified atom stereocenters. The Labute approximate surface area is 120 Å². The molecule has 0 aliphatic carbocycles. The fourth-order valence-corrected chi connectivity index (χ4v) is 1.98. The van der Waals surface area contributed by atoms with Crippen LogP contribution in [0.4, 0.5) is 10.2 Å². The van der Waals surface area contributed by atoms with E-state index in [2.05, 4.69) is 10.4 Å². The molecule has 0 aliphatic heterocycles. The van der Waals surface area contributed by atoms with Crippen LogP contribution in [0.2, 0.25) is 5.02 Å². The summed E-state index contributed by atoms with van der Waals surface area (Å²) in [7, 11) is 1.71. The summed E-state index contributed by atoms with van der Waals surface area (Å²) in [6, 6.07) is 4.31. The normalized spacial score (nSPS) is 10.6. The molecule has 0 saturated carbocycles. The van der Waals surface area contributed by atoms with E-state index in [-0.39, 0.29) is 29.5 Å². The highest BCUT2D eigenvalue weighted by atomic mass is 35.5. The third kappa shape index (κ3) is 3.08. The molecule has 106 valence electrons. The standard InChI is InChI=1S/C13H14ClFN4O/c1-19-13(16)8(7-18-19)6-17-12(20)5-9-10(14)3-2-4-11(9)15/h2-4,7H,5-6,16H2,1H3,(H,17,20). The molecule has 1 heterocycles. The van der Waals surface area contributed by atoms with Crippen molar-refractivity contribution >= 4 is 23.3 Å². The van der Waals surface area contributed by atoms with Crippen LogP contribution in [0.25, 0.3) is 0 Å². The Bertz CT molecular complexity index is 621. The lowest BCUT2D eigenvalue weighted by molar-refractivity contribution is -0.120. The number of hydrogen-bond donors (Lipinski definition) is 2. The largest absolute Gasteiger partial charge is 0.384 e. The number of aromatic nitrogens is 2. The van der Waals surface area contributed by atoms with Crippen LogP contribution in [0, 0.1) is 5.82 Å². The summed E-state index contributed by atoms with van der Waals surface area (Å²) in [6.07, 6.45) is 1.46. The molecular weight excluding hydrogens is 283 g/mol. The van der Waals surface area contributed by atoms with Crippen LogP contribution in [0.3, 0.4) is 0 Å². The van der Waals surface area contributed by atoms with E-state index in [4.69, 9.17) is 17.3 Å². The monoisotopic (exact) mass is 296 g/mol. The lowest BCUT2D eigenvalue weighted by atomic mass is 10.1. The number of amides is 1. The lowest BCUT2D eigenvalue weighted by Gasteiger charge is -2.07. The van der Waals surface area contributed by atoms with Crippen molar-refractivity contribution in [1.29, 1.82) is 0 Å². The minimum atomic E-state index is -0.492. The molecule has 0 saturated heterocycles. The van der Waals surface area contributed by atoms with Crippen LogP contribution in [-0.4, -0.2) is 15.7 Å². The zero-order chi connectivity index (χ0) is 14.7. The second-order valence-electron chi connectivity index (χ2n) is 4.33. The van der Waals surface area contributed by atoms with E-state index < -0.39 is 5.82 Å². The Morgan fingerprint density at radius 2 is 2.30 bits per heavy atom. The molecule has 3 N–H and O–H groups in total. The fourth-order valence-electron chi connectivity index (χ4n) is 1.75. The van der Waals surface area contributed by atoms with Crippen molar-refractivity contribution in [3.05, 3.63) is 46.4 Å². The average molecular weight is 297 g/mol. The van der Waals surface area contributed by atoms with Gasteiger partial charge in [-0.2, -0.15) is 5.10 Å². The molecule has 2 rings (SSSR count). The number of hydrogen-bond acceptors (Lipinski definition) is 3. The second kappa shape index (κ2) is 5.92. The highest BCUT2D eigenvalue weighted by Crippen LogP contribution is 2.19. The Morgan fingerprint density at radius 3 is 2.90 bits per heavy atom. The topological polar surface area (TPSA) is 72.9 Å². The Morgan fingerprint density at radius 1 is 1.55 bits per heavy atom. The number of benzene rings is 1. The lowest BCUT2D eigenvalue weighted by Crippen LogP contribution is -2.25. The van der Waals surface area contributed by atoms with E-state index in [9.17, 15) is 9.18 Å². The molecule has 0 radical (unpaired) electrons. The first-order chi connectivity index (χ1) is 9.49. The van der Waals surface area contributed by atoms with E-state index >= 15 is 0 Å². The van der Waals surface area contributed by atoms with Crippen molar-refractivity contribution in [3.63, 3.8) is 0 Å². The first-order valence-corrected chi connectivity index (χ1v) is 6.32. The summed E-state index contributed by atoms with van der Waals surface area (Å²) in [6.45, 7) is 0.241. The van der Waals surface area contributed by atoms with Gasteiger partial charge in [-0.25, -0.2) is 4.39 Å². The second-order valence-corrected chi connectivity index (χ2v) is 4.74. The number of carbonyl (C=O) groups excluding carboxylic acids is 1. The molecule has 1 aromatic heterocycles. The number of halogens is 2. The molecule has 0 bridgehead atoms. The Balaban J connectivity index is 1.98. The zero-order valence-corrected chi connectivity index (χ0v) is 11.6. The highest BCUT2D eigenvalue weighted by Gasteiger charge is 2.12. The first-order valence-electron chi connectivity index (χ1n) is 5.95. The maximum absolute atomic E-state index is 13.5. The first kappa shape index (κ1) is 14.3. The minimum absolute atomic E-state index is 0.119. The summed E-state index contributed by atoms with van der Waals surface area (Å²) in [5, 5.41) is 6.86. The van der Waals surface area contributed by atoms with Gasteiger partial charge >= 0.3 is 0 Å². The number of nitrogens with one attached hydrogen (secondary N) is 1. The van der Waals surface area contributed by atoms with Crippen LogP contribution < -0.4 is 11.1 Å². The molecule has 1 amide bonds. The number of nitrogen functional groups attached to an aromatic ring is 1. The van der Waals surface area contributed by atoms with Crippen LogP contribution in [-0.2, 0) is 24.8 Å². The predicted molar refractivity (Wildman–Crippen MR) is 74.6 cm³/mol. The SMILES string of the molecule is Cn1ncc(CNC(=O)Cc2c(F)cccc2Cl)c1N. The van der Waals surface area contributed by atoms with E-state index in [1.807, 2.05) is 0 Å². The maximum atomic E-state index is 13.5. The van der Waals surface area contributed by atoms with Crippen LogP contribution >= 0.6 is 11.6 Å². The molecule has 20 heavy (non-hydrogen) atoms. The minimum Gasteiger partial charge on any atom is -0.384 e. The smallest absolute Gasteiger partial charge is 0.224 e. The number of nitrogens with two attached hydrogens (primary N) is 1. The Kier molecular flexibility index (Phi) is 4.24. The molecule has 0 fully saturated rings. The zero-order valence-electron chi connectivity index (χ0n) is 10.9. The van der Waals surface area contributed by atoms with Gasteiger partial charge in [0.25, 0.3) is 0 Å². The van der Waals surface area contributed by atoms with Gasteiger partial charge in [0.1, 0.15) is 11.6 Å². The summed E-state index contributed by atoms with van der Waals surface area (Å²) in [5.41, 5.74) is 6.65. The summed E-state index contributed by atoms with van der Waals surface area (Å²) in [5.74, 6) is -0.344. The van der Waals surface area contributed by atoms with Gasteiger partial charge in [-0.1, -0.05) is 17.7 Å². The number of carbonyl (C=O) groups is 1. The summed E-state index contributed by atoms with van der Waals surface area (Å²) in [4.78, 5) is 11.8. The maximum Gasteiger partial charge on any atom is 0.224 e. The van der Waals surface area contributed by atoms with Crippen LogP contribution in [0.15, 0.2) is 24.4 Å². The van der Waals surface area contributed by atoms with E-state index in [1.165, 1.54) is 16.8 Å². The van der Waals surface area contributed by atoms with Crippen molar-refractivity contribution in [2.45, 2.75) is 13.0 Å². The molecule has 0 spiro atoms. The third-order valence-electron chi connectivity index (χ3n) is 2.94. The summed E-state index contributed by atoms with van der Waals surface area (Å²) < 4.78 is 15.1. The quantitative estimate of drug-likeness (QED) is 0.901. The molecule has 0 aliphatic rings. The number of aryl methyl sites for hydroxylation is 1. The number of anilines is 1. The van der Waals surface area contributed by atoms with E-state index in [0.29, 0.717) is 11.4 Å². The molecular formula is C13H14ClFN4O. The van der Waals surface area contributed by atoms with Gasteiger partial charge in [0, 0.05) is 29.7 Å². The van der Waals surface area contributed by atoms with Gasteiger partial charge in [0.2, 0.25) is 5.91 Å². The third-order valence-corrected chi connectivity index (χ3v) is 3.29. The van der Waals surface area contributed by atoms with Crippen molar-refractivity contribution in [2.75, 3.05) is 5.73 Å². The highest BCUT2D eigenvalue weighted by molar-refractivity contribution is 6.31. The predicted octanol–water partition coefficient (Wildman–Crippen LogP) is 1.65. The van der Waals surface area contributed by atoms with Crippen molar-refractivity contribution in [2.24, 2.45) is 7.05 Å². The van der Waals surface area contributed by atoms with Gasteiger partial charge in [-0.05, 0) is 12.1 Å². The van der Waals surface area contributed by atoms with Gasteiger partial charge in [-0.3, -0.25) is 9.48 Å². The van der Waals surface area contributed by atoms with Gasteiger partial charge in [0.15, 0.2) is 0 Å². The Hall–Kier alpha value is -2.08. The fraction of sp³-hybridized carbons (Fsp3) is 0.231. The molecule has 1 aromatic carbocycles. The van der Waals surface area contributed by atoms with Crippen LogP contribution in [0.1, 0.15) is 11.1 Å². The van der Waals surface area contributed by atoms with E-state index in [0.717, 1.165) is 0 Å². The average Bonchev–Trinajstić information content (AvgIpc) is 2.72. The molecule has 5 nitrogen and oxygen atoms in total. The molecule has 7 heteroatoms.